The standard InChI is InChI=1S/C26H34O10/c1-11-7-14(27)20(30)23(3)13(11)8-15-25-10-34-26(33,22(23)25)19(29)12(2)17(25)18(21(31)35-15)36-16(28)9-24(32)5-4-6-24/h7,12-13,15,17-20,22,29-30,32-33H,4-6,8-10H2,1-3H3/t12-,13+,15-,17-,18-,19-,20-,22-,23-,25+,26+/m1/s1. The van der Waals surface area contributed by atoms with Crippen LogP contribution in [0, 0.1) is 34.5 Å². The number of ketones is 1. The van der Waals surface area contributed by atoms with Crippen LogP contribution in [0.15, 0.2) is 11.6 Å². The number of rotatable bonds is 3. The molecule has 6 aliphatic rings. The summed E-state index contributed by atoms with van der Waals surface area (Å²) in [7, 11) is 0. The summed E-state index contributed by atoms with van der Waals surface area (Å²) in [5.41, 5.74) is -2.77. The van der Waals surface area contributed by atoms with Gasteiger partial charge in [-0.1, -0.05) is 19.4 Å². The number of fused-ring (bicyclic) bond motifs is 1. The first kappa shape index (κ1) is 24.5. The van der Waals surface area contributed by atoms with E-state index in [1.54, 1.807) is 20.8 Å². The highest BCUT2D eigenvalue weighted by Gasteiger charge is 2.83. The van der Waals surface area contributed by atoms with Crippen molar-refractivity contribution in [2.75, 3.05) is 6.61 Å². The third-order valence-electron chi connectivity index (χ3n) is 10.6. The predicted octanol–water partition coefficient (Wildman–Crippen LogP) is -0.00700. The Hall–Kier alpha value is -1.85. The fourth-order valence-electron chi connectivity index (χ4n) is 8.95. The lowest BCUT2D eigenvalue weighted by atomic mass is 9.38. The number of aliphatic hydroxyl groups excluding tert-OH is 2. The van der Waals surface area contributed by atoms with Gasteiger partial charge in [-0.15, -0.1) is 0 Å². The average molecular weight is 507 g/mol. The van der Waals surface area contributed by atoms with Crippen molar-refractivity contribution in [1.29, 1.82) is 0 Å². The zero-order chi connectivity index (χ0) is 26.0. The molecule has 0 aromatic heterocycles. The van der Waals surface area contributed by atoms with Gasteiger partial charge in [0.05, 0.1) is 18.6 Å². The second-order valence-corrected chi connectivity index (χ2v) is 12.4. The lowest BCUT2D eigenvalue weighted by Crippen LogP contribution is -2.78. The fourth-order valence-corrected chi connectivity index (χ4v) is 8.95. The van der Waals surface area contributed by atoms with Gasteiger partial charge in [-0.05, 0) is 50.5 Å². The van der Waals surface area contributed by atoms with Gasteiger partial charge in [0.15, 0.2) is 11.6 Å². The van der Waals surface area contributed by atoms with Gasteiger partial charge in [0.25, 0.3) is 0 Å². The minimum Gasteiger partial charge on any atom is -0.459 e. The van der Waals surface area contributed by atoms with E-state index in [-0.39, 0.29) is 13.0 Å². The predicted molar refractivity (Wildman–Crippen MR) is 120 cm³/mol. The molecular weight excluding hydrogens is 472 g/mol. The zero-order valence-corrected chi connectivity index (χ0v) is 20.7. The number of allylic oxidation sites excluding steroid dienone is 1. The fraction of sp³-hybridized carbons (Fsp3) is 0.808. The van der Waals surface area contributed by atoms with Crippen LogP contribution >= 0.6 is 0 Å². The maximum atomic E-state index is 13.3. The van der Waals surface area contributed by atoms with Crippen LogP contribution < -0.4 is 0 Å². The van der Waals surface area contributed by atoms with Crippen LogP contribution in [0.2, 0.25) is 0 Å². The second-order valence-electron chi connectivity index (χ2n) is 12.4. The van der Waals surface area contributed by atoms with Gasteiger partial charge >= 0.3 is 11.9 Å². The minimum absolute atomic E-state index is 0.0951. The first-order valence-corrected chi connectivity index (χ1v) is 12.9. The molecule has 10 nitrogen and oxygen atoms in total. The highest BCUT2D eigenvalue weighted by atomic mass is 16.7. The Bertz CT molecular complexity index is 1060. The van der Waals surface area contributed by atoms with Crippen LogP contribution in [-0.4, -0.2) is 80.6 Å². The maximum absolute atomic E-state index is 13.3. The monoisotopic (exact) mass is 506 g/mol. The lowest BCUT2D eigenvalue weighted by molar-refractivity contribution is -0.340. The summed E-state index contributed by atoms with van der Waals surface area (Å²) in [5.74, 6) is -6.98. The molecule has 4 aliphatic carbocycles. The maximum Gasteiger partial charge on any atom is 0.348 e. The van der Waals surface area contributed by atoms with Crippen LogP contribution in [0.25, 0.3) is 0 Å². The van der Waals surface area contributed by atoms with Gasteiger partial charge in [0.1, 0.15) is 18.3 Å². The number of hydrogen-bond donors (Lipinski definition) is 4. The first-order valence-electron chi connectivity index (χ1n) is 12.9. The molecule has 2 bridgehead atoms. The largest absolute Gasteiger partial charge is 0.459 e. The molecule has 0 unspecified atom stereocenters. The molecule has 6 rings (SSSR count). The molecule has 0 radical (unpaired) electrons. The summed E-state index contributed by atoms with van der Waals surface area (Å²) in [4.78, 5) is 39.0. The van der Waals surface area contributed by atoms with Crippen LogP contribution in [0.5, 0.6) is 0 Å². The number of hydrogen-bond acceptors (Lipinski definition) is 10. The van der Waals surface area contributed by atoms with Crippen molar-refractivity contribution in [2.45, 2.75) is 88.7 Å². The summed E-state index contributed by atoms with van der Waals surface area (Å²) in [6.45, 7) is 5.08. The van der Waals surface area contributed by atoms with E-state index in [1.165, 1.54) is 6.08 Å². The van der Waals surface area contributed by atoms with Gasteiger partial charge in [-0.3, -0.25) is 9.59 Å². The zero-order valence-electron chi connectivity index (χ0n) is 20.7. The van der Waals surface area contributed by atoms with E-state index < -0.39 is 88.0 Å². The van der Waals surface area contributed by atoms with Crippen molar-refractivity contribution < 1.29 is 49.0 Å². The van der Waals surface area contributed by atoms with Crippen LogP contribution in [0.3, 0.4) is 0 Å². The average Bonchev–Trinajstić information content (AvgIpc) is 3.08. The Morgan fingerprint density at radius 1 is 1.22 bits per heavy atom. The van der Waals surface area contributed by atoms with Crippen molar-refractivity contribution in [2.24, 2.45) is 34.5 Å². The number of aliphatic hydroxyl groups is 4. The molecule has 0 amide bonds. The van der Waals surface area contributed by atoms with Gasteiger partial charge in [0, 0.05) is 22.7 Å². The SMILES string of the molecule is CC1=CC(=O)[C@@H](O)[C@]2(C)[C@H]3[C@@]4(O)OC[C@]35[C@H]([C@@H](C)[C@H]4O)[C@@H](OC(=O)CC3(O)CCC3)C(=O)O[C@@H]5C[C@@H]12. The molecule has 198 valence electrons. The molecule has 0 aromatic rings. The van der Waals surface area contributed by atoms with Gasteiger partial charge in [0.2, 0.25) is 6.10 Å². The van der Waals surface area contributed by atoms with Crippen LogP contribution in [0.4, 0.5) is 0 Å². The summed E-state index contributed by atoms with van der Waals surface area (Å²) < 4.78 is 17.5. The molecule has 2 heterocycles. The van der Waals surface area contributed by atoms with E-state index in [0.717, 1.165) is 6.42 Å². The quantitative estimate of drug-likeness (QED) is 0.384. The van der Waals surface area contributed by atoms with Gasteiger partial charge in [-0.2, -0.15) is 0 Å². The smallest absolute Gasteiger partial charge is 0.348 e. The molecule has 1 spiro atoms. The third-order valence-corrected chi connectivity index (χ3v) is 10.6. The Balaban J connectivity index is 1.46. The molecule has 36 heavy (non-hydrogen) atoms. The molecule has 0 aromatic carbocycles. The highest BCUT2D eigenvalue weighted by Crippen LogP contribution is 2.73. The van der Waals surface area contributed by atoms with Gasteiger partial charge < -0.3 is 34.6 Å². The normalized spacial score (nSPS) is 52.4. The molecule has 4 N–H and O–H groups in total. The van der Waals surface area contributed by atoms with E-state index in [4.69, 9.17) is 14.2 Å². The molecule has 3 saturated carbocycles. The van der Waals surface area contributed by atoms with E-state index in [2.05, 4.69) is 0 Å². The highest BCUT2D eigenvalue weighted by molar-refractivity contribution is 5.96. The molecule has 2 saturated heterocycles. The Morgan fingerprint density at radius 3 is 2.56 bits per heavy atom. The summed E-state index contributed by atoms with van der Waals surface area (Å²) in [5, 5.41) is 44.9. The number of ether oxygens (including phenoxy) is 3. The lowest BCUT2D eigenvalue weighted by Gasteiger charge is -2.68. The van der Waals surface area contributed by atoms with E-state index in [9.17, 15) is 34.8 Å². The topological polar surface area (TPSA) is 160 Å². The second kappa shape index (κ2) is 7.38. The number of carbonyl (C=O) groups excluding carboxylic acids is 3. The number of carbonyl (C=O) groups is 3. The van der Waals surface area contributed by atoms with E-state index in [0.29, 0.717) is 24.8 Å². The Kier molecular flexibility index (Phi) is 5.02. The van der Waals surface area contributed by atoms with Crippen molar-refractivity contribution in [3.63, 3.8) is 0 Å². The minimum atomic E-state index is -2.10. The van der Waals surface area contributed by atoms with E-state index >= 15 is 0 Å². The third kappa shape index (κ3) is 2.77. The summed E-state index contributed by atoms with van der Waals surface area (Å²) in [6, 6.07) is 0. The van der Waals surface area contributed by atoms with E-state index in [1.807, 2.05) is 0 Å². The molecule has 10 heteroatoms. The number of esters is 2. The molecule has 11 atom stereocenters. The molecular formula is C26H34O10. The molecule has 2 aliphatic heterocycles. The van der Waals surface area contributed by atoms with Crippen LogP contribution in [-0.2, 0) is 28.6 Å². The Labute approximate surface area is 208 Å². The summed E-state index contributed by atoms with van der Waals surface area (Å²) >= 11 is 0. The van der Waals surface area contributed by atoms with Crippen molar-refractivity contribution in [1.82, 2.24) is 0 Å². The van der Waals surface area contributed by atoms with Crippen molar-refractivity contribution in [3.8, 4) is 0 Å². The first-order chi connectivity index (χ1) is 16.8. The van der Waals surface area contributed by atoms with Crippen LogP contribution in [0.1, 0.15) is 52.9 Å². The molecule has 5 fully saturated rings. The van der Waals surface area contributed by atoms with Gasteiger partial charge in [-0.25, -0.2) is 4.79 Å². The summed E-state index contributed by atoms with van der Waals surface area (Å²) in [6.07, 6.45) is -1.87. The van der Waals surface area contributed by atoms with Crippen molar-refractivity contribution in [3.05, 3.63) is 11.6 Å². The Morgan fingerprint density at radius 2 is 1.92 bits per heavy atom. The van der Waals surface area contributed by atoms with Crippen molar-refractivity contribution >= 4 is 17.7 Å².